The molecule has 8 heteroatoms. The van der Waals surface area contributed by atoms with Gasteiger partial charge in [-0.3, -0.25) is 0 Å². The predicted octanol–water partition coefficient (Wildman–Crippen LogP) is 3.89. The first-order valence-electron chi connectivity index (χ1n) is 7.82. The molecule has 2 aromatic carbocycles. The minimum Gasteiger partial charge on any atom is -0.457 e. The Morgan fingerprint density at radius 3 is 2.44 bits per heavy atom. The molecule has 1 heterocycles. The third-order valence-corrected chi connectivity index (χ3v) is 5.45. The van der Waals surface area contributed by atoms with Crippen LogP contribution in [-0.4, -0.2) is 14.4 Å². The van der Waals surface area contributed by atoms with Crippen LogP contribution in [0, 0.1) is 11.6 Å². The van der Waals surface area contributed by atoms with Gasteiger partial charge in [0.25, 0.3) is 0 Å². The molecule has 0 bridgehead atoms. The highest BCUT2D eigenvalue weighted by Gasteiger charge is 2.23. The Morgan fingerprint density at radius 1 is 0.963 bits per heavy atom. The Hall–Kier alpha value is -3.00. The molecule has 0 fully saturated rings. The van der Waals surface area contributed by atoms with Crippen LogP contribution in [-0.2, 0) is 26.9 Å². The summed E-state index contributed by atoms with van der Waals surface area (Å²) in [6, 6.07) is 12.6. The zero-order valence-electron chi connectivity index (χ0n) is 13.9. The van der Waals surface area contributed by atoms with Crippen LogP contribution in [0.1, 0.15) is 21.7 Å². The highest BCUT2D eigenvalue weighted by molar-refractivity contribution is 7.90. The van der Waals surface area contributed by atoms with E-state index in [1.807, 2.05) is 0 Å². The first-order valence-corrected chi connectivity index (χ1v) is 9.48. The van der Waals surface area contributed by atoms with E-state index in [2.05, 4.69) is 0 Å². The molecule has 0 spiro atoms. The molecule has 0 N–H and O–H groups in total. The lowest BCUT2D eigenvalue weighted by atomic mass is 10.2. The maximum atomic E-state index is 13.6. The van der Waals surface area contributed by atoms with E-state index in [9.17, 15) is 22.0 Å². The molecule has 140 valence electrons. The van der Waals surface area contributed by atoms with Gasteiger partial charge in [-0.2, -0.15) is 0 Å². The molecular weight excluding hydrogens is 378 g/mol. The van der Waals surface area contributed by atoms with Gasteiger partial charge in [-0.25, -0.2) is 22.0 Å². The van der Waals surface area contributed by atoms with E-state index in [1.165, 1.54) is 30.3 Å². The van der Waals surface area contributed by atoms with Gasteiger partial charge in [0.05, 0.1) is 16.9 Å². The Balaban J connectivity index is 1.75. The molecule has 5 nitrogen and oxygen atoms in total. The Kier molecular flexibility index (Phi) is 5.36. The number of ether oxygens (including phenoxy) is 1. The molecule has 1 aromatic heterocycles. The van der Waals surface area contributed by atoms with Crippen LogP contribution >= 0.6 is 0 Å². The van der Waals surface area contributed by atoms with Gasteiger partial charge in [-0.15, -0.1) is 0 Å². The molecule has 0 radical (unpaired) electrons. The van der Waals surface area contributed by atoms with Crippen molar-refractivity contribution in [3.63, 3.8) is 0 Å². The van der Waals surface area contributed by atoms with Crippen LogP contribution < -0.4 is 0 Å². The van der Waals surface area contributed by atoms with E-state index >= 15 is 0 Å². The van der Waals surface area contributed by atoms with Crippen molar-refractivity contribution in [1.29, 1.82) is 0 Å². The van der Waals surface area contributed by atoms with Gasteiger partial charge in [0.1, 0.15) is 6.61 Å². The van der Waals surface area contributed by atoms with Crippen LogP contribution in [0.2, 0.25) is 0 Å². The summed E-state index contributed by atoms with van der Waals surface area (Å²) in [5.74, 6) is -3.91. The number of sulfone groups is 1. The maximum absolute atomic E-state index is 13.6. The number of carbonyl (C=O) groups excluding carboxylic acids is 1. The molecule has 3 rings (SSSR count). The highest BCUT2D eigenvalue weighted by Crippen LogP contribution is 2.21. The van der Waals surface area contributed by atoms with Gasteiger partial charge in [-0.1, -0.05) is 30.3 Å². The molecule has 0 aliphatic heterocycles. The fourth-order valence-corrected chi connectivity index (χ4v) is 3.79. The number of furan rings is 1. The summed E-state index contributed by atoms with van der Waals surface area (Å²) in [4.78, 5) is 12.3. The number of carbonyl (C=O) groups is 1. The molecule has 0 saturated carbocycles. The van der Waals surface area contributed by atoms with Crippen molar-refractivity contribution in [2.75, 3.05) is 0 Å². The number of benzene rings is 2. The number of rotatable bonds is 6. The Bertz CT molecular complexity index is 1060. The molecular formula is C19H14F2O5S. The summed E-state index contributed by atoms with van der Waals surface area (Å²) >= 11 is 0. The van der Waals surface area contributed by atoms with Crippen LogP contribution in [0.15, 0.2) is 70.2 Å². The minimum absolute atomic E-state index is 0.104. The van der Waals surface area contributed by atoms with Crippen molar-refractivity contribution in [2.24, 2.45) is 0 Å². The van der Waals surface area contributed by atoms with Gasteiger partial charge in [0.15, 0.2) is 21.5 Å². The van der Waals surface area contributed by atoms with Crippen molar-refractivity contribution in [3.05, 3.63) is 89.4 Å². The molecule has 0 amide bonds. The highest BCUT2D eigenvalue weighted by atomic mass is 32.2. The topological polar surface area (TPSA) is 73.6 Å². The third kappa shape index (κ3) is 4.22. The maximum Gasteiger partial charge on any atom is 0.374 e. The summed E-state index contributed by atoms with van der Waals surface area (Å²) < 4.78 is 61.7. The quantitative estimate of drug-likeness (QED) is 0.595. The fourth-order valence-electron chi connectivity index (χ4n) is 2.41. The van der Waals surface area contributed by atoms with Crippen LogP contribution in [0.3, 0.4) is 0 Å². The van der Waals surface area contributed by atoms with E-state index in [1.54, 1.807) is 18.2 Å². The van der Waals surface area contributed by atoms with Gasteiger partial charge in [0.2, 0.25) is 5.76 Å². The standard InChI is InChI=1S/C19H14F2O5S/c20-16-8-4-5-13(17(16)21)11-26-19(22)18-14(9-10-25-18)12-27(23,24)15-6-2-1-3-7-15/h1-10H,11-12H2. The largest absolute Gasteiger partial charge is 0.457 e. The third-order valence-electron chi connectivity index (χ3n) is 3.77. The predicted molar refractivity (Wildman–Crippen MR) is 91.5 cm³/mol. The van der Waals surface area contributed by atoms with Gasteiger partial charge in [0, 0.05) is 11.1 Å². The van der Waals surface area contributed by atoms with E-state index < -0.39 is 39.8 Å². The smallest absolute Gasteiger partial charge is 0.374 e. The Morgan fingerprint density at radius 2 is 1.70 bits per heavy atom. The summed E-state index contributed by atoms with van der Waals surface area (Å²) in [6.45, 7) is -0.520. The number of hydrogen-bond donors (Lipinski definition) is 0. The normalized spacial score (nSPS) is 11.3. The Labute approximate surface area is 154 Å². The average molecular weight is 392 g/mol. The summed E-state index contributed by atoms with van der Waals surface area (Å²) in [6.07, 6.45) is 1.16. The summed E-state index contributed by atoms with van der Waals surface area (Å²) in [7, 11) is -3.70. The van der Waals surface area contributed by atoms with Gasteiger partial charge < -0.3 is 9.15 Å². The van der Waals surface area contributed by atoms with Crippen LogP contribution in [0.25, 0.3) is 0 Å². The molecule has 0 atom stereocenters. The van der Waals surface area contributed by atoms with E-state index in [0.717, 1.165) is 12.3 Å². The van der Waals surface area contributed by atoms with Crippen molar-refractivity contribution in [2.45, 2.75) is 17.3 Å². The SMILES string of the molecule is O=C(OCc1cccc(F)c1F)c1occc1CS(=O)(=O)c1ccccc1. The zero-order chi connectivity index (χ0) is 19.4. The van der Waals surface area contributed by atoms with Crippen molar-refractivity contribution in [1.82, 2.24) is 0 Å². The molecule has 3 aromatic rings. The van der Waals surface area contributed by atoms with Crippen LogP contribution in [0.4, 0.5) is 8.78 Å². The minimum atomic E-state index is -3.70. The second-order valence-electron chi connectivity index (χ2n) is 5.64. The molecule has 0 aliphatic rings. The lowest BCUT2D eigenvalue weighted by molar-refractivity contribution is 0.0430. The molecule has 0 unspecified atom stereocenters. The van der Waals surface area contributed by atoms with Gasteiger partial charge >= 0.3 is 5.97 Å². The second kappa shape index (κ2) is 7.71. The summed E-state index contributed by atoms with van der Waals surface area (Å²) in [5.41, 5.74) is -0.0306. The molecule has 27 heavy (non-hydrogen) atoms. The average Bonchev–Trinajstić information content (AvgIpc) is 3.11. The lowest BCUT2D eigenvalue weighted by Gasteiger charge is -2.07. The van der Waals surface area contributed by atoms with E-state index in [4.69, 9.17) is 9.15 Å². The first kappa shape index (κ1) is 18.8. The monoisotopic (exact) mass is 392 g/mol. The molecule has 0 aliphatic carbocycles. The first-order chi connectivity index (χ1) is 12.9. The van der Waals surface area contributed by atoms with E-state index in [0.29, 0.717) is 0 Å². The van der Waals surface area contributed by atoms with Crippen molar-refractivity contribution in [3.8, 4) is 0 Å². The number of halogens is 2. The van der Waals surface area contributed by atoms with Crippen LogP contribution in [0.5, 0.6) is 0 Å². The molecule has 0 saturated heterocycles. The van der Waals surface area contributed by atoms with Crippen molar-refractivity contribution >= 4 is 15.8 Å². The van der Waals surface area contributed by atoms with E-state index in [-0.39, 0.29) is 21.8 Å². The van der Waals surface area contributed by atoms with Gasteiger partial charge in [-0.05, 0) is 24.3 Å². The van der Waals surface area contributed by atoms with Crippen molar-refractivity contribution < 1.29 is 31.1 Å². The number of esters is 1. The summed E-state index contributed by atoms with van der Waals surface area (Å²) in [5, 5.41) is 0. The fraction of sp³-hybridized carbons (Fsp3) is 0.105. The zero-order valence-corrected chi connectivity index (χ0v) is 14.7. The second-order valence-corrected chi connectivity index (χ2v) is 7.63. The lowest BCUT2D eigenvalue weighted by Crippen LogP contribution is -2.11. The number of hydrogen-bond acceptors (Lipinski definition) is 5.